The van der Waals surface area contributed by atoms with Gasteiger partial charge in [0.05, 0.1) is 10.6 Å². The predicted molar refractivity (Wildman–Crippen MR) is 98.9 cm³/mol. The topological polar surface area (TPSA) is 51.5 Å². The van der Waals surface area contributed by atoms with Gasteiger partial charge in [-0.1, -0.05) is 29.3 Å². The first-order chi connectivity index (χ1) is 13.2. The number of alkyl halides is 3. The first-order valence-corrected chi connectivity index (χ1v) is 8.63. The minimum atomic E-state index is -4.50. The Kier molecular flexibility index (Phi) is 5.86. The zero-order valence-corrected chi connectivity index (χ0v) is 15.5. The molecule has 3 rings (SSSR count). The molecule has 0 unspecified atom stereocenters. The Hall–Kier alpha value is -2.64. The quantitative estimate of drug-likeness (QED) is 0.507. The standard InChI is InChI=1S/C19H12Cl2F3NO3/c20-12-4-6-15(21)17(9-12)27-10-14-5-7-16(28-14)18(26)25-13-3-1-2-11(8-13)19(22,23)24/h1-9H,10H2,(H,25,26). The van der Waals surface area contributed by atoms with Crippen LogP contribution in [0.5, 0.6) is 5.75 Å². The molecule has 3 aromatic rings. The summed E-state index contributed by atoms with van der Waals surface area (Å²) in [5, 5.41) is 3.17. The molecule has 1 heterocycles. The maximum Gasteiger partial charge on any atom is 0.416 e. The van der Waals surface area contributed by atoms with Crippen molar-refractivity contribution in [2.24, 2.45) is 0 Å². The van der Waals surface area contributed by atoms with Crippen LogP contribution in [0.25, 0.3) is 0 Å². The van der Waals surface area contributed by atoms with Gasteiger partial charge >= 0.3 is 6.18 Å². The van der Waals surface area contributed by atoms with Crippen LogP contribution in [0.3, 0.4) is 0 Å². The number of benzene rings is 2. The summed E-state index contributed by atoms with van der Waals surface area (Å²) >= 11 is 11.9. The highest BCUT2D eigenvalue weighted by Crippen LogP contribution is 2.31. The number of carbonyl (C=O) groups is 1. The minimum Gasteiger partial charge on any atom is -0.484 e. The molecule has 0 aliphatic carbocycles. The normalized spacial score (nSPS) is 11.3. The van der Waals surface area contributed by atoms with Crippen LogP contribution in [0.15, 0.2) is 59.0 Å². The molecule has 2 aromatic carbocycles. The molecule has 0 aliphatic rings. The van der Waals surface area contributed by atoms with Crippen LogP contribution in [-0.4, -0.2) is 5.91 Å². The second-order valence-electron chi connectivity index (χ2n) is 5.66. The maximum absolute atomic E-state index is 12.7. The number of carbonyl (C=O) groups excluding carboxylic acids is 1. The van der Waals surface area contributed by atoms with Crippen molar-refractivity contribution < 1.29 is 27.1 Å². The molecular weight excluding hydrogens is 418 g/mol. The van der Waals surface area contributed by atoms with E-state index >= 15 is 0 Å². The van der Waals surface area contributed by atoms with Gasteiger partial charge in [-0.25, -0.2) is 0 Å². The summed E-state index contributed by atoms with van der Waals surface area (Å²) in [4.78, 5) is 12.2. The van der Waals surface area contributed by atoms with Crippen LogP contribution in [0.1, 0.15) is 21.9 Å². The lowest BCUT2D eigenvalue weighted by Crippen LogP contribution is -2.12. The minimum absolute atomic E-state index is 0.000246. The van der Waals surface area contributed by atoms with E-state index in [1.807, 2.05) is 0 Å². The van der Waals surface area contributed by atoms with Gasteiger partial charge < -0.3 is 14.5 Å². The highest BCUT2D eigenvalue weighted by molar-refractivity contribution is 6.34. The molecule has 0 fully saturated rings. The molecule has 0 saturated heterocycles. The molecule has 0 saturated carbocycles. The zero-order chi connectivity index (χ0) is 20.3. The Morgan fingerprint density at radius 3 is 2.61 bits per heavy atom. The number of nitrogens with one attached hydrogen (secondary N) is 1. The molecule has 0 atom stereocenters. The average molecular weight is 430 g/mol. The summed E-state index contributed by atoms with van der Waals surface area (Å²) in [7, 11) is 0. The zero-order valence-electron chi connectivity index (χ0n) is 14.0. The van der Waals surface area contributed by atoms with E-state index in [9.17, 15) is 18.0 Å². The second kappa shape index (κ2) is 8.16. The molecule has 1 N–H and O–H groups in total. The lowest BCUT2D eigenvalue weighted by atomic mass is 10.2. The van der Waals surface area contributed by atoms with Gasteiger partial charge in [-0.05, 0) is 42.5 Å². The molecule has 28 heavy (non-hydrogen) atoms. The van der Waals surface area contributed by atoms with Gasteiger partial charge in [0, 0.05) is 16.8 Å². The van der Waals surface area contributed by atoms with E-state index in [0.29, 0.717) is 21.6 Å². The highest BCUT2D eigenvalue weighted by atomic mass is 35.5. The molecule has 0 radical (unpaired) electrons. The number of hydrogen-bond acceptors (Lipinski definition) is 3. The molecule has 1 amide bonds. The summed E-state index contributed by atoms with van der Waals surface area (Å²) in [6, 6.07) is 11.9. The summed E-state index contributed by atoms with van der Waals surface area (Å²) < 4.78 is 49.1. The van der Waals surface area contributed by atoms with E-state index in [1.54, 1.807) is 12.1 Å². The third-order valence-electron chi connectivity index (χ3n) is 3.60. The Labute approximate surface area is 167 Å². The third kappa shape index (κ3) is 4.99. The number of amides is 1. The van der Waals surface area contributed by atoms with E-state index in [1.165, 1.54) is 30.3 Å². The molecule has 1 aromatic heterocycles. The summed E-state index contributed by atoms with van der Waals surface area (Å²) in [5.41, 5.74) is -0.864. The highest BCUT2D eigenvalue weighted by Gasteiger charge is 2.30. The number of halogens is 5. The lowest BCUT2D eigenvalue weighted by molar-refractivity contribution is -0.137. The van der Waals surface area contributed by atoms with Crippen LogP contribution >= 0.6 is 23.2 Å². The van der Waals surface area contributed by atoms with Crippen LogP contribution in [0.4, 0.5) is 18.9 Å². The van der Waals surface area contributed by atoms with Crippen molar-refractivity contribution >= 4 is 34.8 Å². The average Bonchev–Trinajstić information content (AvgIpc) is 3.11. The van der Waals surface area contributed by atoms with Gasteiger partial charge in [0.1, 0.15) is 18.1 Å². The van der Waals surface area contributed by atoms with Crippen molar-refractivity contribution in [3.63, 3.8) is 0 Å². The lowest BCUT2D eigenvalue weighted by Gasteiger charge is -2.09. The first-order valence-electron chi connectivity index (χ1n) is 7.87. The van der Waals surface area contributed by atoms with Gasteiger partial charge in [0.2, 0.25) is 0 Å². The Bertz CT molecular complexity index is 1000. The number of ether oxygens (including phenoxy) is 1. The smallest absolute Gasteiger partial charge is 0.416 e. The Morgan fingerprint density at radius 1 is 1.07 bits per heavy atom. The van der Waals surface area contributed by atoms with Gasteiger partial charge in [-0.2, -0.15) is 13.2 Å². The number of hydrogen-bond donors (Lipinski definition) is 1. The molecule has 9 heteroatoms. The first kappa shape index (κ1) is 20.1. The van der Waals surface area contributed by atoms with Crippen LogP contribution < -0.4 is 10.1 Å². The monoisotopic (exact) mass is 429 g/mol. The molecule has 0 aliphatic heterocycles. The van der Waals surface area contributed by atoms with E-state index in [2.05, 4.69) is 5.32 Å². The fourth-order valence-corrected chi connectivity index (χ4v) is 2.61. The maximum atomic E-state index is 12.7. The predicted octanol–water partition coefficient (Wildman–Crippen LogP) is 6.44. The van der Waals surface area contributed by atoms with E-state index < -0.39 is 17.6 Å². The van der Waals surface area contributed by atoms with E-state index in [4.69, 9.17) is 32.4 Å². The Balaban J connectivity index is 1.65. The SMILES string of the molecule is O=C(Nc1cccc(C(F)(F)F)c1)c1ccc(COc2cc(Cl)ccc2Cl)o1. The number of furan rings is 1. The molecular formula is C19H12Cl2F3NO3. The van der Waals surface area contributed by atoms with Crippen molar-refractivity contribution in [1.29, 1.82) is 0 Å². The van der Waals surface area contributed by atoms with Crippen LogP contribution in [-0.2, 0) is 12.8 Å². The van der Waals surface area contributed by atoms with Gasteiger partial charge in [0.15, 0.2) is 5.76 Å². The van der Waals surface area contributed by atoms with Crippen molar-refractivity contribution in [2.45, 2.75) is 12.8 Å². The van der Waals surface area contributed by atoms with Gasteiger partial charge in [-0.15, -0.1) is 0 Å². The van der Waals surface area contributed by atoms with Crippen molar-refractivity contribution in [3.05, 3.63) is 81.7 Å². The van der Waals surface area contributed by atoms with Crippen LogP contribution in [0.2, 0.25) is 10.0 Å². The van der Waals surface area contributed by atoms with Gasteiger partial charge in [-0.3, -0.25) is 4.79 Å². The molecule has 0 bridgehead atoms. The third-order valence-corrected chi connectivity index (χ3v) is 4.14. The number of rotatable bonds is 5. The molecule has 4 nitrogen and oxygen atoms in total. The fraction of sp³-hybridized carbons (Fsp3) is 0.105. The number of anilines is 1. The summed E-state index contributed by atoms with van der Waals surface area (Å²) in [5.74, 6) is -0.0923. The summed E-state index contributed by atoms with van der Waals surface area (Å²) in [6.45, 7) is -0.0170. The van der Waals surface area contributed by atoms with Crippen molar-refractivity contribution in [2.75, 3.05) is 5.32 Å². The van der Waals surface area contributed by atoms with E-state index in [-0.39, 0.29) is 18.1 Å². The van der Waals surface area contributed by atoms with Crippen molar-refractivity contribution in [3.8, 4) is 5.75 Å². The van der Waals surface area contributed by atoms with Crippen LogP contribution in [0, 0.1) is 0 Å². The van der Waals surface area contributed by atoms with Crippen molar-refractivity contribution in [1.82, 2.24) is 0 Å². The fourth-order valence-electron chi connectivity index (χ4n) is 2.28. The van der Waals surface area contributed by atoms with Gasteiger partial charge in [0.25, 0.3) is 5.91 Å². The molecule has 0 spiro atoms. The van der Waals surface area contributed by atoms with E-state index in [0.717, 1.165) is 12.1 Å². The largest absolute Gasteiger partial charge is 0.484 e. The summed E-state index contributed by atoms with van der Waals surface area (Å²) in [6.07, 6.45) is -4.50. The molecule has 146 valence electrons. The second-order valence-corrected chi connectivity index (χ2v) is 6.51. The Morgan fingerprint density at radius 2 is 1.86 bits per heavy atom.